The molecule has 1 saturated heterocycles. The van der Waals surface area contributed by atoms with Crippen molar-refractivity contribution in [2.45, 2.75) is 97.1 Å². The fraction of sp³-hybridized carbons (Fsp3) is 0.500. The van der Waals surface area contributed by atoms with Crippen LogP contribution in [-0.2, 0) is 20.8 Å². The summed E-state index contributed by atoms with van der Waals surface area (Å²) >= 11 is 0. The monoisotopic (exact) mass is 598 g/mol. The second-order valence-electron chi connectivity index (χ2n) is 11.3. The van der Waals surface area contributed by atoms with Crippen LogP contribution >= 0.6 is 0 Å². The van der Waals surface area contributed by atoms with E-state index < -0.39 is 11.6 Å². The second kappa shape index (κ2) is 17.4. The first-order valence-corrected chi connectivity index (χ1v) is 15.8. The summed E-state index contributed by atoms with van der Waals surface area (Å²) in [6.45, 7) is 5.68. The lowest BCUT2D eigenvalue weighted by Crippen LogP contribution is -2.37. The highest BCUT2D eigenvalue weighted by Gasteiger charge is 2.23. The highest BCUT2D eigenvalue weighted by Crippen LogP contribution is 2.32. The molecule has 7 heteroatoms. The molecule has 3 aromatic carbocycles. The Kier molecular flexibility index (Phi) is 13.4. The summed E-state index contributed by atoms with van der Waals surface area (Å²) in [6.07, 6.45) is 10.4. The van der Waals surface area contributed by atoms with Crippen LogP contribution in [0.25, 0.3) is 22.3 Å². The Labute approximate surface area is 254 Å². The van der Waals surface area contributed by atoms with Gasteiger partial charge in [-0.15, -0.1) is 0 Å². The van der Waals surface area contributed by atoms with Crippen molar-refractivity contribution >= 4 is 0 Å². The zero-order chi connectivity index (χ0) is 30.4. The predicted octanol–water partition coefficient (Wildman–Crippen LogP) is 10.0. The third-order valence-electron chi connectivity index (χ3n) is 7.84. The largest absolute Gasteiger partial charge is 0.490 e. The highest BCUT2D eigenvalue weighted by atomic mass is 19.2. The van der Waals surface area contributed by atoms with E-state index in [1.54, 1.807) is 30.3 Å². The summed E-state index contributed by atoms with van der Waals surface area (Å²) in [7, 11) is 0. The zero-order valence-electron chi connectivity index (χ0n) is 25.5. The van der Waals surface area contributed by atoms with Crippen LogP contribution in [0.2, 0.25) is 0 Å². The van der Waals surface area contributed by atoms with Crippen molar-refractivity contribution in [3.05, 3.63) is 77.6 Å². The van der Waals surface area contributed by atoms with Gasteiger partial charge in [0.15, 0.2) is 17.9 Å². The van der Waals surface area contributed by atoms with Crippen molar-refractivity contribution in [2.24, 2.45) is 0 Å². The molecule has 43 heavy (non-hydrogen) atoms. The summed E-state index contributed by atoms with van der Waals surface area (Å²) in [4.78, 5) is 0. The van der Waals surface area contributed by atoms with Crippen LogP contribution in [0.1, 0.15) is 83.6 Å². The Morgan fingerprint density at radius 1 is 0.698 bits per heavy atom. The van der Waals surface area contributed by atoms with Gasteiger partial charge in [0.2, 0.25) is 5.82 Å². The fourth-order valence-electron chi connectivity index (χ4n) is 5.17. The number of hydrogen-bond donors (Lipinski definition) is 0. The first kappa shape index (κ1) is 33.0. The molecule has 0 N–H and O–H groups in total. The first-order chi connectivity index (χ1) is 21.0. The number of rotatable bonds is 17. The van der Waals surface area contributed by atoms with Crippen molar-refractivity contribution in [3.8, 4) is 28.0 Å². The number of halogens is 3. The minimum absolute atomic E-state index is 0.0684. The van der Waals surface area contributed by atoms with E-state index in [4.69, 9.17) is 18.9 Å². The minimum Gasteiger partial charge on any atom is -0.490 e. The van der Waals surface area contributed by atoms with E-state index in [1.807, 2.05) is 6.07 Å². The summed E-state index contributed by atoms with van der Waals surface area (Å²) in [6, 6.07) is 15.0. The van der Waals surface area contributed by atoms with E-state index in [1.165, 1.54) is 37.5 Å². The quantitative estimate of drug-likeness (QED) is 0.145. The molecule has 0 amide bonds. The average Bonchev–Trinajstić information content (AvgIpc) is 3.03. The molecule has 0 atom stereocenters. The number of benzene rings is 3. The molecule has 0 aromatic heterocycles. The molecule has 3 aromatic rings. The van der Waals surface area contributed by atoms with Gasteiger partial charge in [0, 0.05) is 11.1 Å². The smallest absolute Gasteiger partial charge is 0.201 e. The lowest BCUT2D eigenvalue weighted by atomic mass is 9.99. The molecular weight excluding hydrogens is 553 g/mol. The van der Waals surface area contributed by atoms with Crippen LogP contribution in [0.3, 0.4) is 0 Å². The van der Waals surface area contributed by atoms with Crippen LogP contribution in [0, 0.1) is 17.5 Å². The van der Waals surface area contributed by atoms with Crippen molar-refractivity contribution in [1.82, 2.24) is 0 Å². The molecule has 1 fully saturated rings. The molecule has 0 spiro atoms. The minimum atomic E-state index is -0.981. The SMILES string of the molecule is CCCCCCCCOc1ccc(-c2ccc(-c3ccc(COC4COC(CCCCC)OC4)c(F)c3)cc2)c(F)c1F. The van der Waals surface area contributed by atoms with E-state index in [9.17, 15) is 13.2 Å². The Morgan fingerprint density at radius 3 is 2.07 bits per heavy atom. The van der Waals surface area contributed by atoms with Crippen molar-refractivity contribution in [1.29, 1.82) is 0 Å². The van der Waals surface area contributed by atoms with Crippen LogP contribution < -0.4 is 4.74 Å². The van der Waals surface area contributed by atoms with Gasteiger partial charge in [-0.05, 0) is 54.2 Å². The molecule has 0 radical (unpaired) electrons. The number of unbranched alkanes of at least 4 members (excludes halogenated alkanes) is 7. The Balaban J connectivity index is 1.28. The van der Waals surface area contributed by atoms with Gasteiger partial charge in [-0.3, -0.25) is 0 Å². The van der Waals surface area contributed by atoms with E-state index in [0.717, 1.165) is 50.5 Å². The maximum absolute atomic E-state index is 14.9. The summed E-state index contributed by atoms with van der Waals surface area (Å²) in [5.41, 5.74) is 2.56. The van der Waals surface area contributed by atoms with E-state index >= 15 is 0 Å². The maximum Gasteiger partial charge on any atom is 0.201 e. The number of hydrogen-bond acceptors (Lipinski definition) is 4. The second-order valence-corrected chi connectivity index (χ2v) is 11.3. The van der Waals surface area contributed by atoms with Crippen LogP contribution in [0.15, 0.2) is 54.6 Å². The molecule has 1 aliphatic heterocycles. The van der Waals surface area contributed by atoms with Crippen molar-refractivity contribution in [2.75, 3.05) is 19.8 Å². The molecule has 4 rings (SSSR count). The molecule has 234 valence electrons. The molecule has 0 aliphatic carbocycles. The van der Waals surface area contributed by atoms with E-state index in [2.05, 4.69) is 13.8 Å². The molecule has 1 aliphatic rings. The lowest BCUT2D eigenvalue weighted by Gasteiger charge is -2.29. The third kappa shape index (κ3) is 9.82. The van der Waals surface area contributed by atoms with Gasteiger partial charge in [-0.25, -0.2) is 8.78 Å². The maximum atomic E-state index is 14.9. The van der Waals surface area contributed by atoms with Gasteiger partial charge >= 0.3 is 0 Å². The van der Waals surface area contributed by atoms with Gasteiger partial charge in [0.25, 0.3) is 0 Å². The average molecular weight is 599 g/mol. The molecule has 1 heterocycles. The van der Waals surface area contributed by atoms with Gasteiger partial charge in [-0.2, -0.15) is 4.39 Å². The highest BCUT2D eigenvalue weighted by molar-refractivity contribution is 5.71. The zero-order valence-corrected chi connectivity index (χ0v) is 25.5. The summed E-state index contributed by atoms with van der Waals surface area (Å²) < 4.78 is 67.4. The lowest BCUT2D eigenvalue weighted by molar-refractivity contribution is -0.230. The molecule has 0 saturated carbocycles. The Hall–Kier alpha value is -2.87. The van der Waals surface area contributed by atoms with E-state index in [-0.39, 0.29) is 36.1 Å². The molecular formula is C36H45F3O4. The number of ether oxygens (including phenoxy) is 4. The van der Waals surface area contributed by atoms with Gasteiger partial charge in [0.05, 0.1) is 26.4 Å². The molecule has 0 bridgehead atoms. The van der Waals surface area contributed by atoms with Crippen molar-refractivity contribution < 1.29 is 32.1 Å². The van der Waals surface area contributed by atoms with Crippen LogP contribution in [0.4, 0.5) is 13.2 Å². The van der Waals surface area contributed by atoms with Gasteiger partial charge in [-0.1, -0.05) is 95.2 Å². The van der Waals surface area contributed by atoms with Crippen LogP contribution in [-0.4, -0.2) is 32.2 Å². The van der Waals surface area contributed by atoms with Gasteiger partial charge < -0.3 is 18.9 Å². The standard InChI is InChI=1S/C36H45F3O4/c1-3-5-7-8-9-11-21-40-33-20-19-31(35(38)36(33)39)27-15-13-26(14-16-27)28-17-18-29(32(37)22-28)23-41-30-24-42-34(43-25-30)12-10-6-4-2/h13-20,22,30,34H,3-12,21,23-25H2,1-2H3. The Bertz CT molecular complexity index is 1260. The fourth-order valence-corrected chi connectivity index (χ4v) is 5.17. The van der Waals surface area contributed by atoms with Crippen LogP contribution in [0.5, 0.6) is 5.75 Å². The normalized spacial score (nSPS) is 16.9. The first-order valence-electron chi connectivity index (χ1n) is 15.8. The summed E-state index contributed by atoms with van der Waals surface area (Å²) in [5, 5.41) is 0. The topological polar surface area (TPSA) is 36.9 Å². The molecule has 4 nitrogen and oxygen atoms in total. The third-order valence-corrected chi connectivity index (χ3v) is 7.84. The predicted molar refractivity (Wildman–Crippen MR) is 164 cm³/mol. The van der Waals surface area contributed by atoms with Gasteiger partial charge in [0.1, 0.15) is 11.9 Å². The summed E-state index contributed by atoms with van der Waals surface area (Å²) in [5.74, 6) is -2.36. The van der Waals surface area contributed by atoms with Crippen molar-refractivity contribution in [3.63, 3.8) is 0 Å². The molecule has 0 unspecified atom stereocenters. The Morgan fingerprint density at radius 2 is 1.35 bits per heavy atom. The van der Waals surface area contributed by atoms with E-state index in [0.29, 0.717) is 36.5 Å².